The summed E-state index contributed by atoms with van der Waals surface area (Å²) in [5, 5.41) is 3.12. The van der Waals surface area contributed by atoms with E-state index in [2.05, 4.69) is 5.32 Å². The lowest BCUT2D eigenvalue weighted by atomic mass is 10.0. The molecule has 0 amide bonds. The molecular weight excluding hydrogens is 215 g/mol. The minimum absolute atomic E-state index is 0.316. The zero-order valence-corrected chi connectivity index (χ0v) is 9.43. The standard InChI is InChI=1S/C12H16F3N/c1-3-11(16-2)8-9-4-6-10(7-5-9)12(13,14)15/h4-7,11,16H,3,8H2,1-2H3. The Kier molecular flexibility index (Phi) is 4.35. The minimum atomic E-state index is -4.24. The maximum absolute atomic E-state index is 12.3. The van der Waals surface area contributed by atoms with Crippen molar-refractivity contribution in [3.05, 3.63) is 35.4 Å². The van der Waals surface area contributed by atoms with Crippen molar-refractivity contribution < 1.29 is 13.2 Å². The molecule has 0 heterocycles. The topological polar surface area (TPSA) is 12.0 Å². The first-order valence-corrected chi connectivity index (χ1v) is 5.30. The highest BCUT2D eigenvalue weighted by atomic mass is 19.4. The van der Waals surface area contributed by atoms with Crippen LogP contribution in [0.5, 0.6) is 0 Å². The van der Waals surface area contributed by atoms with Crippen molar-refractivity contribution in [1.29, 1.82) is 0 Å². The fourth-order valence-electron chi connectivity index (χ4n) is 1.56. The Labute approximate surface area is 93.7 Å². The Bertz CT molecular complexity index is 312. The van der Waals surface area contributed by atoms with Crippen LogP contribution < -0.4 is 5.32 Å². The van der Waals surface area contributed by atoms with E-state index in [1.807, 2.05) is 14.0 Å². The van der Waals surface area contributed by atoms with E-state index in [-0.39, 0.29) is 0 Å². The number of likely N-dealkylation sites (N-methyl/N-ethyl adjacent to an activating group) is 1. The second-order valence-electron chi connectivity index (χ2n) is 3.79. The molecule has 1 unspecified atom stereocenters. The van der Waals surface area contributed by atoms with Crippen LogP contribution in [-0.2, 0) is 12.6 Å². The molecule has 0 spiro atoms. The van der Waals surface area contributed by atoms with Crippen molar-refractivity contribution >= 4 is 0 Å². The number of halogens is 3. The van der Waals surface area contributed by atoms with Crippen LogP contribution >= 0.6 is 0 Å². The average molecular weight is 231 g/mol. The molecule has 90 valence electrons. The summed E-state index contributed by atoms with van der Waals surface area (Å²) in [5.41, 5.74) is 0.336. The molecule has 0 saturated heterocycles. The summed E-state index contributed by atoms with van der Waals surface area (Å²) >= 11 is 0. The highest BCUT2D eigenvalue weighted by Gasteiger charge is 2.29. The number of nitrogens with one attached hydrogen (secondary N) is 1. The van der Waals surface area contributed by atoms with E-state index >= 15 is 0 Å². The van der Waals surface area contributed by atoms with Crippen LogP contribution in [0.25, 0.3) is 0 Å². The van der Waals surface area contributed by atoms with Crippen molar-refractivity contribution in [3.8, 4) is 0 Å². The highest BCUT2D eigenvalue weighted by molar-refractivity contribution is 5.25. The SMILES string of the molecule is CCC(Cc1ccc(C(F)(F)F)cc1)NC. The highest BCUT2D eigenvalue weighted by Crippen LogP contribution is 2.29. The second-order valence-corrected chi connectivity index (χ2v) is 3.79. The third-order valence-corrected chi connectivity index (χ3v) is 2.66. The van der Waals surface area contributed by atoms with Gasteiger partial charge in [-0.1, -0.05) is 19.1 Å². The zero-order chi connectivity index (χ0) is 12.2. The van der Waals surface area contributed by atoms with E-state index < -0.39 is 11.7 Å². The quantitative estimate of drug-likeness (QED) is 0.838. The fraction of sp³-hybridized carbons (Fsp3) is 0.500. The van der Waals surface area contributed by atoms with Crippen molar-refractivity contribution in [1.82, 2.24) is 5.32 Å². The molecule has 1 aromatic rings. The molecule has 0 aromatic heterocycles. The van der Waals surface area contributed by atoms with Crippen LogP contribution in [0.4, 0.5) is 13.2 Å². The van der Waals surface area contributed by atoms with Crippen molar-refractivity contribution in [2.75, 3.05) is 7.05 Å². The molecule has 0 aliphatic heterocycles. The van der Waals surface area contributed by atoms with E-state index in [9.17, 15) is 13.2 Å². The molecule has 1 atom stereocenters. The van der Waals surface area contributed by atoms with Crippen LogP contribution in [0.2, 0.25) is 0 Å². The maximum atomic E-state index is 12.3. The third kappa shape index (κ3) is 3.52. The normalized spacial score (nSPS) is 13.8. The van der Waals surface area contributed by atoms with Gasteiger partial charge in [0.15, 0.2) is 0 Å². The molecule has 0 aliphatic rings. The zero-order valence-electron chi connectivity index (χ0n) is 9.43. The van der Waals surface area contributed by atoms with Crippen LogP contribution in [0.1, 0.15) is 24.5 Å². The van der Waals surface area contributed by atoms with Gasteiger partial charge in [0.2, 0.25) is 0 Å². The Hall–Kier alpha value is -1.03. The molecule has 1 N–H and O–H groups in total. The maximum Gasteiger partial charge on any atom is 0.416 e. The number of rotatable bonds is 4. The first-order valence-electron chi connectivity index (χ1n) is 5.30. The Morgan fingerprint density at radius 3 is 2.12 bits per heavy atom. The van der Waals surface area contributed by atoms with Crippen LogP contribution in [-0.4, -0.2) is 13.1 Å². The third-order valence-electron chi connectivity index (χ3n) is 2.66. The predicted molar refractivity (Wildman–Crippen MR) is 58.3 cm³/mol. The summed E-state index contributed by atoms with van der Waals surface area (Å²) in [6, 6.07) is 5.68. The molecule has 1 nitrogen and oxygen atoms in total. The van der Waals surface area contributed by atoms with Crippen molar-refractivity contribution in [2.45, 2.75) is 32.0 Å². The van der Waals surface area contributed by atoms with E-state index in [1.165, 1.54) is 0 Å². The first kappa shape index (κ1) is 13.0. The first-order chi connectivity index (χ1) is 7.47. The molecule has 4 heteroatoms. The molecule has 0 aliphatic carbocycles. The van der Waals surface area contributed by atoms with Gasteiger partial charge >= 0.3 is 6.18 Å². The van der Waals surface area contributed by atoms with Crippen LogP contribution in [0, 0.1) is 0 Å². The number of alkyl halides is 3. The molecule has 16 heavy (non-hydrogen) atoms. The summed E-state index contributed by atoms with van der Waals surface area (Å²) in [5.74, 6) is 0. The van der Waals surface area contributed by atoms with Crippen LogP contribution in [0.15, 0.2) is 24.3 Å². The van der Waals surface area contributed by atoms with E-state index in [0.29, 0.717) is 6.04 Å². The van der Waals surface area contributed by atoms with Gasteiger partial charge in [-0.25, -0.2) is 0 Å². The molecule has 0 radical (unpaired) electrons. The van der Waals surface area contributed by atoms with E-state index in [0.717, 1.165) is 30.5 Å². The molecule has 0 saturated carbocycles. The number of benzene rings is 1. The average Bonchev–Trinajstić information content (AvgIpc) is 2.25. The fourth-order valence-corrected chi connectivity index (χ4v) is 1.56. The molecule has 0 bridgehead atoms. The monoisotopic (exact) mass is 231 g/mol. The van der Waals surface area contributed by atoms with Gasteiger partial charge in [0.05, 0.1) is 5.56 Å². The van der Waals surface area contributed by atoms with Gasteiger partial charge in [-0.15, -0.1) is 0 Å². The van der Waals surface area contributed by atoms with Crippen molar-refractivity contribution in [3.63, 3.8) is 0 Å². The second kappa shape index (κ2) is 5.34. The number of hydrogen-bond donors (Lipinski definition) is 1. The van der Waals surface area contributed by atoms with Gasteiger partial charge in [-0.05, 0) is 37.6 Å². The summed E-state index contributed by atoms with van der Waals surface area (Å²) in [7, 11) is 1.86. The summed E-state index contributed by atoms with van der Waals surface area (Å²) in [6.07, 6.45) is -2.53. The van der Waals surface area contributed by atoms with E-state index in [1.54, 1.807) is 12.1 Å². The minimum Gasteiger partial charge on any atom is -0.317 e. The van der Waals surface area contributed by atoms with Gasteiger partial charge in [0.25, 0.3) is 0 Å². The Morgan fingerprint density at radius 2 is 1.75 bits per heavy atom. The summed E-state index contributed by atoms with van der Waals surface area (Å²) in [4.78, 5) is 0. The van der Waals surface area contributed by atoms with E-state index in [4.69, 9.17) is 0 Å². The van der Waals surface area contributed by atoms with Crippen molar-refractivity contribution in [2.24, 2.45) is 0 Å². The lowest BCUT2D eigenvalue weighted by Crippen LogP contribution is -2.26. The predicted octanol–water partition coefficient (Wildman–Crippen LogP) is 3.25. The van der Waals surface area contributed by atoms with Gasteiger partial charge < -0.3 is 5.32 Å². The van der Waals surface area contributed by atoms with Gasteiger partial charge in [0, 0.05) is 6.04 Å². The Morgan fingerprint density at radius 1 is 1.19 bits per heavy atom. The summed E-state index contributed by atoms with van der Waals surface area (Å²) in [6.45, 7) is 2.05. The molecular formula is C12H16F3N. The largest absolute Gasteiger partial charge is 0.416 e. The van der Waals surface area contributed by atoms with Gasteiger partial charge in [-0.2, -0.15) is 13.2 Å². The lowest BCUT2D eigenvalue weighted by Gasteiger charge is -2.14. The van der Waals surface area contributed by atoms with Gasteiger partial charge in [-0.3, -0.25) is 0 Å². The molecule has 1 aromatic carbocycles. The smallest absolute Gasteiger partial charge is 0.317 e. The van der Waals surface area contributed by atoms with Crippen LogP contribution in [0.3, 0.4) is 0 Å². The number of hydrogen-bond acceptors (Lipinski definition) is 1. The lowest BCUT2D eigenvalue weighted by molar-refractivity contribution is -0.137. The summed E-state index contributed by atoms with van der Waals surface area (Å²) < 4.78 is 36.9. The van der Waals surface area contributed by atoms with Gasteiger partial charge in [0.1, 0.15) is 0 Å². The molecule has 1 rings (SSSR count). The molecule has 0 fully saturated rings. The Balaban J connectivity index is 2.72.